The molecule has 0 radical (unpaired) electrons. The molecule has 0 bridgehead atoms. The second-order valence-corrected chi connectivity index (χ2v) is 8.08. The molecular weight excluding hydrogens is 372 g/mol. The number of hydrogen-bond acceptors (Lipinski definition) is 6. The number of rotatable bonds is 4. The van der Waals surface area contributed by atoms with Crippen LogP contribution in [0.5, 0.6) is 0 Å². The van der Waals surface area contributed by atoms with Crippen molar-refractivity contribution in [1.82, 2.24) is 15.0 Å². The fourth-order valence-electron chi connectivity index (χ4n) is 3.40. The number of thiophene rings is 1. The van der Waals surface area contributed by atoms with E-state index in [0.29, 0.717) is 22.2 Å². The van der Waals surface area contributed by atoms with E-state index < -0.39 is 0 Å². The first kappa shape index (κ1) is 17.1. The number of nitrogens with zero attached hydrogens (tertiary/aromatic N) is 3. The lowest BCUT2D eigenvalue weighted by Gasteiger charge is -2.06. The van der Waals surface area contributed by atoms with Gasteiger partial charge in [-0.3, -0.25) is 4.79 Å². The van der Waals surface area contributed by atoms with E-state index in [0.717, 1.165) is 45.7 Å². The van der Waals surface area contributed by atoms with Gasteiger partial charge in [0.25, 0.3) is 5.91 Å². The van der Waals surface area contributed by atoms with E-state index >= 15 is 0 Å². The van der Waals surface area contributed by atoms with Gasteiger partial charge >= 0.3 is 0 Å². The van der Waals surface area contributed by atoms with Crippen LogP contribution in [0.25, 0.3) is 21.5 Å². The number of oxazole rings is 1. The Kier molecular flexibility index (Phi) is 3.98. The number of carbonyl (C=O) groups is 1. The quantitative estimate of drug-likeness (QED) is 0.525. The third kappa shape index (κ3) is 2.97. The highest BCUT2D eigenvalue weighted by Crippen LogP contribution is 2.40. The highest BCUT2D eigenvalue weighted by atomic mass is 32.1. The number of anilines is 1. The van der Waals surface area contributed by atoms with Gasteiger partial charge in [-0.1, -0.05) is 12.1 Å². The largest absolute Gasteiger partial charge is 0.444 e. The van der Waals surface area contributed by atoms with Gasteiger partial charge in [-0.25, -0.2) is 15.0 Å². The minimum atomic E-state index is -0.136. The van der Waals surface area contributed by atoms with Crippen LogP contribution in [0.4, 0.5) is 5.69 Å². The molecule has 3 heterocycles. The Morgan fingerprint density at radius 2 is 2.11 bits per heavy atom. The fourth-order valence-corrected chi connectivity index (χ4v) is 4.53. The average molecular weight is 390 g/mol. The van der Waals surface area contributed by atoms with E-state index in [9.17, 15) is 4.79 Å². The van der Waals surface area contributed by atoms with E-state index in [2.05, 4.69) is 15.3 Å². The molecule has 1 aromatic carbocycles. The highest BCUT2D eigenvalue weighted by molar-refractivity contribution is 7.20. The first-order valence-corrected chi connectivity index (χ1v) is 9.99. The Morgan fingerprint density at radius 3 is 2.86 bits per heavy atom. The molecule has 28 heavy (non-hydrogen) atoms. The lowest BCUT2D eigenvalue weighted by Crippen LogP contribution is -2.11. The van der Waals surface area contributed by atoms with Gasteiger partial charge in [-0.2, -0.15) is 0 Å². The van der Waals surface area contributed by atoms with Crippen LogP contribution in [-0.2, 0) is 0 Å². The minimum absolute atomic E-state index is 0.136. The van der Waals surface area contributed by atoms with Gasteiger partial charge in [0, 0.05) is 22.6 Å². The molecule has 7 heteroatoms. The average Bonchev–Trinajstić information content (AvgIpc) is 3.27. The maximum absolute atomic E-state index is 13.0. The van der Waals surface area contributed by atoms with Crippen molar-refractivity contribution >= 4 is 33.1 Å². The molecule has 1 N–H and O–H groups in total. The molecule has 0 aliphatic heterocycles. The predicted octanol–water partition coefficient (Wildman–Crippen LogP) is 5.09. The molecule has 0 atom stereocenters. The van der Waals surface area contributed by atoms with Crippen LogP contribution in [0.2, 0.25) is 0 Å². The summed E-state index contributed by atoms with van der Waals surface area (Å²) >= 11 is 1.44. The van der Waals surface area contributed by atoms with E-state index in [4.69, 9.17) is 9.40 Å². The molecular formula is C21H18N4O2S. The molecule has 5 rings (SSSR count). The van der Waals surface area contributed by atoms with Gasteiger partial charge in [0.05, 0.1) is 16.8 Å². The Bertz CT molecular complexity index is 1190. The molecule has 1 aliphatic carbocycles. The summed E-state index contributed by atoms with van der Waals surface area (Å²) in [5, 5.41) is 3.99. The van der Waals surface area contributed by atoms with Gasteiger partial charge < -0.3 is 9.73 Å². The lowest BCUT2D eigenvalue weighted by molar-refractivity contribution is 0.103. The second-order valence-electron chi connectivity index (χ2n) is 7.08. The van der Waals surface area contributed by atoms with E-state index in [1.54, 1.807) is 6.20 Å². The third-order valence-electron chi connectivity index (χ3n) is 4.97. The summed E-state index contributed by atoms with van der Waals surface area (Å²) < 4.78 is 5.33. The molecule has 140 valence electrons. The summed E-state index contributed by atoms with van der Waals surface area (Å²) in [5.74, 6) is 1.93. The van der Waals surface area contributed by atoms with Crippen LogP contribution in [0.1, 0.15) is 45.5 Å². The van der Waals surface area contributed by atoms with Crippen molar-refractivity contribution in [2.24, 2.45) is 0 Å². The Labute approximate surface area is 165 Å². The van der Waals surface area contributed by atoms with Crippen molar-refractivity contribution in [3.05, 3.63) is 58.8 Å². The zero-order chi connectivity index (χ0) is 19.3. The first-order chi connectivity index (χ1) is 13.6. The molecule has 0 unspecified atom stereocenters. The standard InChI is InChI=1S/C21H18N4O2S/c1-11-17-12(2)23-19(13-6-7-13)25-21(17)28-18(11)20(26)24-15-5-3-4-14(8-15)16-9-22-10-27-16/h3-5,8-10,13H,6-7H2,1-2H3,(H,24,26). The van der Waals surface area contributed by atoms with Gasteiger partial charge in [-0.05, 0) is 44.4 Å². The summed E-state index contributed by atoms with van der Waals surface area (Å²) in [6, 6.07) is 7.52. The van der Waals surface area contributed by atoms with Crippen molar-refractivity contribution in [3.63, 3.8) is 0 Å². The zero-order valence-corrected chi connectivity index (χ0v) is 16.3. The van der Waals surface area contributed by atoms with Crippen LogP contribution >= 0.6 is 11.3 Å². The van der Waals surface area contributed by atoms with Crippen molar-refractivity contribution in [2.45, 2.75) is 32.6 Å². The van der Waals surface area contributed by atoms with E-state index in [1.807, 2.05) is 38.1 Å². The molecule has 6 nitrogen and oxygen atoms in total. The van der Waals surface area contributed by atoms with Crippen LogP contribution in [0, 0.1) is 13.8 Å². The highest BCUT2D eigenvalue weighted by Gasteiger charge is 2.28. The van der Waals surface area contributed by atoms with Crippen LogP contribution in [0.15, 0.2) is 41.3 Å². The van der Waals surface area contributed by atoms with Crippen LogP contribution in [0.3, 0.4) is 0 Å². The van der Waals surface area contributed by atoms with Gasteiger partial charge in [0.15, 0.2) is 12.2 Å². The SMILES string of the molecule is Cc1nc(C2CC2)nc2sc(C(=O)Nc3cccc(-c4cnco4)c3)c(C)c12. The molecule has 0 saturated heterocycles. The molecule has 4 aromatic rings. The van der Waals surface area contributed by atoms with Crippen LogP contribution < -0.4 is 5.32 Å². The first-order valence-electron chi connectivity index (χ1n) is 9.18. The molecule has 1 aliphatic rings. The topological polar surface area (TPSA) is 80.9 Å². The number of fused-ring (bicyclic) bond motifs is 1. The number of aromatic nitrogens is 3. The Hall–Kier alpha value is -3.06. The smallest absolute Gasteiger partial charge is 0.266 e. The number of aryl methyl sites for hydroxylation is 2. The maximum Gasteiger partial charge on any atom is 0.266 e. The third-order valence-corrected chi connectivity index (χ3v) is 6.16. The normalized spacial score (nSPS) is 13.8. The number of amides is 1. The second kappa shape index (κ2) is 6.53. The number of hydrogen-bond donors (Lipinski definition) is 1. The van der Waals surface area contributed by atoms with Gasteiger partial charge in [0.1, 0.15) is 10.7 Å². The molecule has 1 amide bonds. The molecule has 0 spiro atoms. The van der Waals surface area contributed by atoms with E-state index in [-0.39, 0.29) is 5.91 Å². The Balaban J connectivity index is 1.47. The summed E-state index contributed by atoms with van der Waals surface area (Å²) in [6.07, 6.45) is 5.35. The van der Waals surface area contributed by atoms with Crippen molar-refractivity contribution in [1.29, 1.82) is 0 Å². The Morgan fingerprint density at radius 1 is 1.25 bits per heavy atom. The fraction of sp³-hybridized carbons (Fsp3) is 0.238. The summed E-state index contributed by atoms with van der Waals surface area (Å²) in [4.78, 5) is 27.9. The summed E-state index contributed by atoms with van der Waals surface area (Å²) in [6.45, 7) is 3.96. The summed E-state index contributed by atoms with van der Waals surface area (Å²) in [5.41, 5.74) is 3.45. The van der Waals surface area contributed by atoms with Crippen molar-refractivity contribution < 1.29 is 9.21 Å². The maximum atomic E-state index is 13.0. The number of carbonyl (C=O) groups excluding carboxylic acids is 1. The predicted molar refractivity (Wildman–Crippen MR) is 109 cm³/mol. The van der Waals surface area contributed by atoms with Crippen molar-refractivity contribution in [2.75, 3.05) is 5.32 Å². The minimum Gasteiger partial charge on any atom is -0.444 e. The number of nitrogens with one attached hydrogen (secondary N) is 1. The number of benzene rings is 1. The van der Waals surface area contributed by atoms with Crippen molar-refractivity contribution in [3.8, 4) is 11.3 Å². The molecule has 3 aromatic heterocycles. The van der Waals surface area contributed by atoms with E-state index in [1.165, 1.54) is 17.7 Å². The van der Waals surface area contributed by atoms with Crippen LogP contribution in [-0.4, -0.2) is 20.9 Å². The monoisotopic (exact) mass is 390 g/mol. The van der Waals surface area contributed by atoms with Gasteiger partial charge in [0.2, 0.25) is 0 Å². The molecule has 1 fully saturated rings. The molecule has 1 saturated carbocycles. The van der Waals surface area contributed by atoms with Gasteiger partial charge in [-0.15, -0.1) is 11.3 Å². The zero-order valence-electron chi connectivity index (χ0n) is 15.5. The lowest BCUT2D eigenvalue weighted by atomic mass is 10.1. The summed E-state index contributed by atoms with van der Waals surface area (Å²) in [7, 11) is 0.